The molecule has 0 fully saturated rings. The van der Waals surface area contributed by atoms with E-state index >= 15 is 0 Å². The Labute approximate surface area is 239 Å². The zero-order valence-electron chi connectivity index (χ0n) is 25.2. The lowest BCUT2D eigenvalue weighted by Crippen LogP contribution is -2.39. The predicted molar refractivity (Wildman–Crippen MR) is 153 cm³/mol. The first-order valence-electron chi connectivity index (χ1n) is 14.7. The van der Waals surface area contributed by atoms with Gasteiger partial charge < -0.3 is 24.7 Å². The summed E-state index contributed by atoms with van der Waals surface area (Å²) >= 11 is 0. The zero-order valence-corrected chi connectivity index (χ0v) is 25.2. The lowest BCUT2D eigenvalue weighted by molar-refractivity contribution is -0.166. The highest BCUT2D eigenvalue weighted by Crippen LogP contribution is 2.30. The van der Waals surface area contributed by atoms with Crippen molar-refractivity contribution < 1.29 is 38.1 Å². The molecule has 0 saturated heterocycles. The van der Waals surface area contributed by atoms with Crippen LogP contribution in [0, 0.1) is 5.92 Å². The SMILES string of the molecule is CCCCCC(=O)Oc1ccc(C[C@H](N)C(=O)O[C@@H](C)[C@H](C)OC(=O)CCC(C)C)cc1OC(=O)CCCCC. The molecule has 0 amide bonds. The quantitative estimate of drug-likeness (QED) is 0.125. The first-order chi connectivity index (χ1) is 19.0. The molecule has 9 nitrogen and oxygen atoms in total. The third kappa shape index (κ3) is 14.4. The molecular formula is C31H49NO8. The summed E-state index contributed by atoms with van der Waals surface area (Å²) in [5.41, 5.74) is 6.73. The van der Waals surface area contributed by atoms with Crippen molar-refractivity contribution in [2.45, 2.75) is 130 Å². The summed E-state index contributed by atoms with van der Waals surface area (Å²) in [5.74, 6) is -1.18. The van der Waals surface area contributed by atoms with Gasteiger partial charge >= 0.3 is 23.9 Å². The Kier molecular flexibility index (Phi) is 16.8. The van der Waals surface area contributed by atoms with Crippen molar-refractivity contribution in [2.75, 3.05) is 0 Å². The fourth-order valence-electron chi connectivity index (χ4n) is 3.70. The standard InChI is InChI=1S/C31H49NO8/c1-7-9-11-13-28(33)39-26-17-16-24(20-27(26)40-29(34)14-12-10-8-2)19-25(32)31(36)38-23(6)22(5)37-30(35)18-15-21(3)4/h16-17,20-23,25H,7-15,18-19,32H2,1-6H3/t22-,23-,25-/m0/s1. The smallest absolute Gasteiger partial charge is 0.323 e. The van der Waals surface area contributed by atoms with Crippen LogP contribution in [0.2, 0.25) is 0 Å². The molecule has 1 aromatic carbocycles. The van der Waals surface area contributed by atoms with Gasteiger partial charge in [0.25, 0.3) is 0 Å². The molecule has 9 heteroatoms. The fraction of sp³-hybridized carbons (Fsp3) is 0.677. The third-order valence-electron chi connectivity index (χ3n) is 6.39. The second-order valence-corrected chi connectivity index (χ2v) is 10.7. The Morgan fingerprint density at radius 3 is 1.82 bits per heavy atom. The second-order valence-electron chi connectivity index (χ2n) is 10.7. The molecule has 1 aromatic rings. The van der Waals surface area contributed by atoms with Gasteiger partial charge in [-0.25, -0.2) is 0 Å². The van der Waals surface area contributed by atoms with E-state index in [9.17, 15) is 19.2 Å². The highest BCUT2D eigenvalue weighted by molar-refractivity contribution is 5.77. The van der Waals surface area contributed by atoms with Gasteiger partial charge in [0, 0.05) is 19.3 Å². The van der Waals surface area contributed by atoms with E-state index in [4.69, 9.17) is 24.7 Å². The first kappa shape index (κ1) is 35.1. The molecule has 0 aliphatic heterocycles. The molecule has 226 valence electrons. The monoisotopic (exact) mass is 563 g/mol. The number of nitrogens with two attached hydrogens (primary N) is 1. The highest BCUT2D eigenvalue weighted by Gasteiger charge is 2.25. The molecule has 0 heterocycles. The van der Waals surface area contributed by atoms with Gasteiger partial charge in [-0.1, -0.05) is 59.4 Å². The maximum atomic E-state index is 12.7. The number of carbonyl (C=O) groups is 4. The van der Waals surface area contributed by atoms with Crippen LogP contribution in [0.5, 0.6) is 11.5 Å². The van der Waals surface area contributed by atoms with E-state index in [1.807, 2.05) is 27.7 Å². The summed E-state index contributed by atoms with van der Waals surface area (Å²) < 4.78 is 21.9. The van der Waals surface area contributed by atoms with Crippen LogP contribution in [0.25, 0.3) is 0 Å². The Bertz CT molecular complexity index is 945. The van der Waals surface area contributed by atoms with Crippen LogP contribution in [-0.2, 0) is 35.1 Å². The van der Waals surface area contributed by atoms with Crippen LogP contribution in [0.3, 0.4) is 0 Å². The van der Waals surface area contributed by atoms with E-state index in [1.165, 1.54) is 0 Å². The van der Waals surface area contributed by atoms with Crippen LogP contribution in [0.15, 0.2) is 18.2 Å². The van der Waals surface area contributed by atoms with Crippen LogP contribution in [0.1, 0.15) is 111 Å². The van der Waals surface area contributed by atoms with Crippen molar-refractivity contribution in [3.8, 4) is 11.5 Å². The van der Waals surface area contributed by atoms with Crippen molar-refractivity contribution in [2.24, 2.45) is 11.7 Å². The minimum absolute atomic E-state index is 0.0965. The second kappa shape index (κ2) is 19.2. The number of benzene rings is 1. The predicted octanol–water partition coefficient (Wildman–Crippen LogP) is 5.83. The van der Waals surface area contributed by atoms with E-state index in [-0.39, 0.29) is 36.7 Å². The summed E-state index contributed by atoms with van der Waals surface area (Å²) in [6.07, 6.45) is 5.49. The van der Waals surface area contributed by atoms with Gasteiger partial charge in [0.2, 0.25) is 0 Å². The summed E-state index contributed by atoms with van der Waals surface area (Å²) in [7, 11) is 0. The molecule has 2 N–H and O–H groups in total. The largest absolute Gasteiger partial charge is 0.459 e. The van der Waals surface area contributed by atoms with Gasteiger partial charge in [0.15, 0.2) is 11.5 Å². The Morgan fingerprint density at radius 1 is 0.725 bits per heavy atom. The molecule has 40 heavy (non-hydrogen) atoms. The number of rotatable bonds is 19. The molecule has 0 aliphatic carbocycles. The number of hydrogen-bond acceptors (Lipinski definition) is 9. The summed E-state index contributed by atoms with van der Waals surface area (Å²) in [5, 5.41) is 0. The molecule has 0 unspecified atom stereocenters. The topological polar surface area (TPSA) is 131 Å². The first-order valence-corrected chi connectivity index (χ1v) is 14.7. The molecule has 0 aliphatic rings. The molecule has 0 spiro atoms. The van der Waals surface area contributed by atoms with Gasteiger partial charge in [0.1, 0.15) is 18.2 Å². The van der Waals surface area contributed by atoms with Crippen molar-refractivity contribution in [1.82, 2.24) is 0 Å². The van der Waals surface area contributed by atoms with Crippen molar-refractivity contribution >= 4 is 23.9 Å². The van der Waals surface area contributed by atoms with Gasteiger partial charge in [0.05, 0.1) is 0 Å². The molecule has 0 bridgehead atoms. The molecule has 0 saturated carbocycles. The summed E-state index contributed by atoms with van der Waals surface area (Å²) in [6.45, 7) is 11.5. The Hall–Kier alpha value is -2.94. The lowest BCUT2D eigenvalue weighted by atomic mass is 10.1. The maximum Gasteiger partial charge on any atom is 0.323 e. The number of ether oxygens (including phenoxy) is 4. The minimum Gasteiger partial charge on any atom is -0.459 e. The molecule has 0 aromatic heterocycles. The molecule has 3 atom stereocenters. The normalized spacial score (nSPS) is 13.3. The number of esters is 4. The average molecular weight is 564 g/mol. The summed E-state index contributed by atoms with van der Waals surface area (Å²) in [6, 6.07) is 3.75. The van der Waals surface area contributed by atoms with Crippen LogP contribution in [-0.4, -0.2) is 42.1 Å². The lowest BCUT2D eigenvalue weighted by Gasteiger charge is -2.22. The summed E-state index contributed by atoms with van der Waals surface area (Å²) in [4.78, 5) is 49.4. The van der Waals surface area contributed by atoms with E-state index in [0.29, 0.717) is 30.7 Å². The highest BCUT2D eigenvalue weighted by atomic mass is 16.6. The zero-order chi connectivity index (χ0) is 30.1. The van der Waals surface area contributed by atoms with Crippen molar-refractivity contribution in [3.05, 3.63) is 23.8 Å². The number of unbranched alkanes of at least 4 members (excludes halogenated alkanes) is 4. The van der Waals surface area contributed by atoms with Crippen molar-refractivity contribution in [3.63, 3.8) is 0 Å². The van der Waals surface area contributed by atoms with Crippen LogP contribution >= 0.6 is 0 Å². The van der Waals surface area contributed by atoms with E-state index in [2.05, 4.69) is 0 Å². The van der Waals surface area contributed by atoms with Crippen LogP contribution < -0.4 is 15.2 Å². The van der Waals surface area contributed by atoms with E-state index < -0.39 is 36.2 Å². The van der Waals surface area contributed by atoms with Gasteiger partial charge in [-0.15, -0.1) is 0 Å². The molecule has 0 radical (unpaired) electrons. The van der Waals surface area contributed by atoms with Crippen LogP contribution in [0.4, 0.5) is 0 Å². The van der Waals surface area contributed by atoms with Crippen molar-refractivity contribution in [1.29, 1.82) is 0 Å². The maximum absolute atomic E-state index is 12.7. The third-order valence-corrected chi connectivity index (χ3v) is 6.39. The molecule has 1 rings (SSSR count). The van der Waals surface area contributed by atoms with Gasteiger partial charge in [-0.2, -0.15) is 0 Å². The van der Waals surface area contributed by atoms with Gasteiger partial charge in [-0.3, -0.25) is 19.2 Å². The molecular weight excluding hydrogens is 514 g/mol. The Morgan fingerprint density at radius 2 is 1.27 bits per heavy atom. The number of carbonyl (C=O) groups excluding carboxylic acids is 4. The number of hydrogen-bond donors (Lipinski definition) is 1. The van der Waals surface area contributed by atoms with E-state index in [0.717, 1.165) is 32.1 Å². The van der Waals surface area contributed by atoms with E-state index in [1.54, 1.807) is 32.0 Å². The Balaban J connectivity index is 2.85. The fourth-order valence-corrected chi connectivity index (χ4v) is 3.70. The van der Waals surface area contributed by atoms with Gasteiger partial charge in [-0.05, 0) is 63.1 Å². The minimum atomic E-state index is -1.01. The average Bonchev–Trinajstić information content (AvgIpc) is 2.89.